The Labute approximate surface area is 143 Å². The number of hydrogen-bond donors (Lipinski definition) is 0. The lowest BCUT2D eigenvalue weighted by Gasteiger charge is -2.17. The van der Waals surface area contributed by atoms with Crippen LogP contribution in [0, 0.1) is 6.92 Å². The van der Waals surface area contributed by atoms with Crippen LogP contribution >= 0.6 is 27.7 Å². The van der Waals surface area contributed by atoms with Gasteiger partial charge in [0, 0.05) is 20.5 Å². The van der Waals surface area contributed by atoms with Gasteiger partial charge in [0.25, 0.3) is 0 Å². The maximum Gasteiger partial charge on any atom is 0.339 e. The van der Waals surface area contributed by atoms with E-state index in [0.29, 0.717) is 11.3 Å². The van der Waals surface area contributed by atoms with Crippen molar-refractivity contribution in [1.29, 1.82) is 0 Å². The van der Waals surface area contributed by atoms with Crippen molar-refractivity contribution in [3.05, 3.63) is 45.9 Å². The first-order valence-electron chi connectivity index (χ1n) is 6.63. The molecule has 2 aromatic carbocycles. The highest BCUT2D eigenvalue weighted by atomic mass is 79.9. The second-order valence-corrected chi connectivity index (χ2v) is 6.42. The molecule has 3 nitrogen and oxygen atoms in total. The summed E-state index contributed by atoms with van der Waals surface area (Å²) >= 11 is 4.96. The maximum atomic E-state index is 12.1. The monoisotopic (exact) mass is 380 g/mol. The smallest absolute Gasteiger partial charge is 0.339 e. The Morgan fingerprint density at radius 3 is 2.32 bits per heavy atom. The van der Waals surface area contributed by atoms with E-state index >= 15 is 0 Å². The number of thioether (sulfide) groups is 1. The number of carbonyl (C=O) groups excluding carboxylic acids is 1. The zero-order valence-corrected chi connectivity index (χ0v) is 15.3. The van der Waals surface area contributed by atoms with Gasteiger partial charge in [0.15, 0.2) is 0 Å². The topological polar surface area (TPSA) is 35.5 Å². The number of carbonyl (C=O) groups is 1. The van der Waals surface area contributed by atoms with E-state index < -0.39 is 0 Å². The van der Waals surface area contributed by atoms with Gasteiger partial charge in [-0.15, -0.1) is 11.8 Å². The largest absolute Gasteiger partial charge is 0.496 e. The Kier molecular flexibility index (Phi) is 5.53. The first kappa shape index (κ1) is 16.9. The van der Waals surface area contributed by atoms with E-state index in [4.69, 9.17) is 9.47 Å². The van der Waals surface area contributed by atoms with Crippen molar-refractivity contribution in [1.82, 2.24) is 0 Å². The van der Waals surface area contributed by atoms with Crippen molar-refractivity contribution in [2.75, 3.05) is 20.5 Å². The summed E-state index contributed by atoms with van der Waals surface area (Å²) in [4.78, 5) is 13.0. The van der Waals surface area contributed by atoms with Gasteiger partial charge in [-0.3, -0.25) is 0 Å². The molecule has 0 atom stereocenters. The zero-order valence-electron chi connectivity index (χ0n) is 12.9. The molecule has 2 aromatic rings. The average molecular weight is 381 g/mol. The molecule has 5 heteroatoms. The third-order valence-electron chi connectivity index (χ3n) is 3.45. The van der Waals surface area contributed by atoms with E-state index in [1.165, 1.54) is 18.9 Å². The predicted molar refractivity (Wildman–Crippen MR) is 94.0 cm³/mol. The van der Waals surface area contributed by atoms with Crippen LogP contribution in [-0.4, -0.2) is 26.4 Å². The molecule has 0 spiro atoms. The molecule has 0 unspecified atom stereocenters. The zero-order chi connectivity index (χ0) is 16.3. The molecule has 0 aliphatic heterocycles. The molecule has 116 valence electrons. The fourth-order valence-electron chi connectivity index (χ4n) is 2.39. The lowest BCUT2D eigenvalue weighted by atomic mass is 9.98. The average Bonchev–Trinajstić information content (AvgIpc) is 2.54. The lowest BCUT2D eigenvalue weighted by Crippen LogP contribution is -2.08. The molecular formula is C17H17BrO3S. The Bertz CT molecular complexity index is 696. The number of esters is 1. The van der Waals surface area contributed by atoms with Crippen LogP contribution in [-0.2, 0) is 4.74 Å². The molecule has 0 saturated carbocycles. The first-order valence-corrected chi connectivity index (χ1v) is 8.65. The van der Waals surface area contributed by atoms with E-state index in [-0.39, 0.29) is 5.97 Å². The third-order valence-corrected chi connectivity index (χ3v) is 4.74. The highest BCUT2D eigenvalue weighted by Crippen LogP contribution is 2.40. The molecule has 2 rings (SSSR count). The molecule has 0 heterocycles. The van der Waals surface area contributed by atoms with E-state index in [2.05, 4.69) is 15.9 Å². The van der Waals surface area contributed by atoms with E-state index in [1.807, 2.05) is 43.5 Å². The summed E-state index contributed by atoms with van der Waals surface area (Å²) in [5, 5.41) is 0. The number of benzene rings is 2. The first-order chi connectivity index (χ1) is 10.5. The summed E-state index contributed by atoms with van der Waals surface area (Å²) in [6, 6.07) is 9.98. The van der Waals surface area contributed by atoms with Crippen LogP contribution in [0.25, 0.3) is 11.1 Å². The third kappa shape index (κ3) is 3.15. The van der Waals surface area contributed by atoms with Crippen molar-refractivity contribution in [2.45, 2.75) is 11.8 Å². The Morgan fingerprint density at radius 1 is 1.18 bits per heavy atom. The van der Waals surface area contributed by atoms with Gasteiger partial charge in [-0.25, -0.2) is 4.79 Å². The van der Waals surface area contributed by atoms with Crippen LogP contribution in [0.5, 0.6) is 5.75 Å². The van der Waals surface area contributed by atoms with Gasteiger partial charge >= 0.3 is 5.97 Å². The van der Waals surface area contributed by atoms with Crippen LogP contribution < -0.4 is 4.74 Å². The minimum atomic E-state index is -0.345. The van der Waals surface area contributed by atoms with Gasteiger partial charge in [0.1, 0.15) is 5.75 Å². The second kappa shape index (κ2) is 7.20. The minimum absolute atomic E-state index is 0.345. The molecule has 0 aromatic heterocycles. The second-order valence-electron chi connectivity index (χ2n) is 4.66. The van der Waals surface area contributed by atoms with Gasteiger partial charge in [-0.2, -0.15) is 0 Å². The summed E-state index contributed by atoms with van der Waals surface area (Å²) in [6.45, 7) is 1.88. The number of halogens is 1. The Morgan fingerprint density at radius 2 is 1.82 bits per heavy atom. The van der Waals surface area contributed by atoms with E-state index in [9.17, 15) is 4.79 Å². The molecule has 22 heavy (non-hydrogen) atoms. The molecule has 0 fully saturated rings. The SMILES string of the molecule is COC(=O)c1c(SC)cc(-c2ccc(Br)cc2)c(OC)c1C. The van der Waals surface area contributed by atoms with Gasteiger partial charge in [0.2, 0.25) is 0 Å². The van der Waals surface area contributed by atoms with Gasteiger partial charge in [-0.05, 0) is 36.9 Å². The maximum absolute atomic E-state index is 12.1. The molecular weight excluding hydrogens is 364 g/mol. The highest BCUT2D eigenvalue weighted by molar-refractivity contribution is 9.10. The van der Waals surface area contributed by atoms with E-state index in [0.717, 1.165) is 26.1 Å². The molecule has 0 saturated heterocycles. The van der Waals surface area contributed by atoms with Crippen molar-refractivity contribution < 1.29 is 14.3 Å². The Hall–Kier alpha value is -1.46. The van der Waals surface area contributed by atoms with Crippen LogP contribution in [0.15, 0.2) is 39.7 Å². The van der Waals surface area contributed by atoms with Crippen molar-refractivity contribution >= 4 is 33.7 Å². The Balaban J connectivity index is 2.72. The van der Waals surface area contributed by atoms with Crippen molar-refractivity contribution in [3.8, 4) is 16.9 Å². The van der Waals surface area contributed by atoms with Crippen LogP contribution in [0.1, 0.15) is 15.9 Å². The number of hydrogen-bond acceptors (Lipinski definition) is 4. The fraction of sp³-hybridized carbons (Fsp3) is 0.235. The van der Waals surface area contributed by atoms with Gasteiger partial charge < -0.3 is 9.47 Å². The fourth-order valence-corrected chi connectivity index (χ4v) is 3.33. The van der Waals surface area contributed by atoms with E-state index in [1.54, 1.807) is 7.11 Å². The number of rotatable bonds is 4. The molecule has 0 aliphatic rings. The molecule has 0 N–H and O–H groups in total. The van der Waals surface area contributed by atoms with Crippen LogP contribution in [0.4, 0.5) is 0 Å². The molecule has 0 radical (unpaired) electrons. The van der Waals surface area contributed by atoms with Crippen molar-refractivity contribution in [3.63, 3.8) is 0 Å². The molecule has 0 amide bonds. The summed E-state index contributed by atoms with van der Waals surface area (Å²) in [6.07, 6.45) is 1.94. The van der Waals surface area contributed by atoms with Gasteiger partial charge in [-0.1, -0.05) is 28.1 Å². The summed E-state index contributed by atoms with van der Waals surface area (Å²) in [7, 11) is 3.01. The quantitative estimate of drug-likeness (QED) is 0.555. The normalized spacial score (nSPS) is 10.4. The minimum Gasteiger partial charge on any atom is -0.496 e. The molecule has 0 bridgehead atoms. The van der Waals surface area contributed by atoms with Gasteiger partial charge in [0.05, 0.1) is 19.8 Å². The summed E-state index contributed by atoms with van der Waals surface area (Å²) < 4.78 is 11.5. The number of ether oxygens (including phenoxy) is 2. The van der Waals surface area contributed by atoms with Crippen LogP contribution in [0.2, 0.25) is 0 Å². The highest BCUT2D eigenvalue weighted by Gasteiger charge is 2.22. The summed E-state index contributed by atoms with van der Waals surface area (Å²) in [5.41, 5.74) is 3.35. The molecule has 0 aliphatic carbocycles. The number of methoxy groups -OCH3 is 2. The van der Waals surface area contributed by atoms with Crippen LogP contribution in [0.3, 0.4) is 0 Å². The predicted octanol–water partition coefficient (Wildman–Crippen LogP) is 4.94. The summed E-state index contributed by atoms with van der Waals surface area (Å²) in [5.74, 6) is 0.350. The standard InChI is InChI=1S/C17H17BrO3S/c1-10-15(17(19)21-3)14(22-4)9-13(16(10)20-2)11-5-7-12(18)8-6-11/h5-9H,1-4H3. The lowest BCUT2D eigenvalue weighted by molar-refractivity contribution is 0.0595. The van der Waals surface area contributed by atoms with Crippen molar-refractivity contribution in [2.24, 2.45) is 0 Å².